The maximum Gasteiger partial charge on any atom is 0.268 e. The van der Waals surface area contributed by atoms with Crippen molar-refractivity contribution >= 4 is 17.0 Å². The lowest BCUT2D eigenvalue weighted by molar-refractivity contribution is 0.0944. The van der Waals surface area contributed by atoms with Crippen LogP contribution in [0.15, 0.2) is 40.8 Å². The lowest BCUT2D eigenvalue weighted by atomic mass is 10.2. The number of rotatable bonds is 9. The molecule has 5 nitrogen and oxygen atoms in total. The molecule has 0 fully saturated rings. The van der Waals surface area contributed by atoms with Crippen molar-refractivity contribution in [3.05, 3.63) is 53.4 Å². The number of unbranched alkanes of at least 4 members (excludes halogenated alkanes) is 3. The van der Waals surface area contributed by atoms with E-state index in [4.69, 9.17) is 9.15 Å². The number of benzene rings is 1. The van der Waals surface area contributed by atoms with E-state index in [0.29, 0.717) is 18.8 Å². The molecule has 0 unspecified atom stereocenters. The standard InChI is InChI=1S/C22H28N2O3/c1-4-5-6-7-12-23-22(25)20-14-21-19(13-16(2)27-21)24(20)15-17-8-10-18(26-3)11-9-17/h8-11,13-14H,4-7,12,15H2,1-3H3,(H,23,25). The van der Waals surface area contributed by atoms with E-state index in [1.165, 1.54) is 12.8 Å². The molecule has 2 heterocycles. The Morgan fingerprint density at radius 2 is 1.93 bits per heavy atom. The molecule has 3 rings (SSSR count). The monoisotopic (exact) mass is 368 g/mol. The summed E-state index contributed by atoms with van der Waals surface area (Å²) < 4.78 is 13.0. The smallest absolute Gasteiger partial charge is 0.268 e. The number of aromatic nitrogens is 1. The molecule has 0 aliphatic heterocycles. The van der Waals surface area contributed by atoms with Gasteiger partial charge in [0.25, 0.3) is 5.91 Å². The molecule has 5 heteroatoms. The molecule has 0 radical (unpaired) electrons. The molecule has 144 valence electrons. The highest BCUT2D eigenvalue weighted by Crippen LogP contribution is 2.25. The number of hydrogen-bond acceptors (Lipinski definition) is 3. The van der Waals surface area contributed by atoms with E-state index >= 15 is 0 Å². The topological polar surface area (TPSA) is 56.4 Å². The Morgan fingerprint density at radius 3 is 2.63 bits per heavy atom. The number of aryl methyl sites for hydroxylation is 1. The normalized spacial score (nSPS) is 11.1. The third-order valence-electron chi connectivity index (χ3n) is 4.76. The molecule has 0 saturated carbocycles. The van der Waals surface area contributed by atoms with E-state index in [1.807, 2.05) is 47.9 Å². The van der Waals surface area contributed by atoms with Crippen LogP contribution in [-0.2, 0) is 6.54 Å². The summed E-state index contributed by atoms with van der Waals surface area (Å²) in [7, 11) is 1.65. The first-order valence-electron chi connectivity index (χ1n) is 9.63. The van der Waals surface area contributed by atoms with Crippen LogP contribution in [0.5, 0.6) is 5.75 Å². The number of hydrogen-bond donors (Lipinski definition) is 1. The van der Waals surface area contributed by atoms with Gasteiger partial charge in [-0.3, -0.25) is 4.79 Å². The summed E-state index contributed by atoms with van der Waals surface area (Å²) in [4.78, 5) is 12.7. The van der Waals surface area contributed by atoms with Crippen molar-refractivity contribution in [2.75, 3.05) is 13.7 Å². The molecule has 0 saturated heterocycles. The minimum Gasteiger partial charge on any atom is -0.497 e. The fourth-order valence-electron chi connectivity index (χ4n) is 3.28. The van der Waals surface area contributed by atoms with Crippen LogP contribution < -0.4 is 10.1 Å². The minimum absolute atomic E-state index is 0.0518. The molecule has 0 aliphatic rings. The molecule has 0 spiro atoms. The van der Waals surface area contributed by atoms with Gasteiger partial charge >= 0.3 is 0 Å². The van der Waals surface area contributed by atoms with Crippen molar-refractivity contribution in [2.45, 2.75) is 46.1 Å². The van der Waals surface area contributed by atoms with Crippen LogP contribution >= 0.6 is 0 Å². The molecule has 27 heavy (non-hydrogen) atoms. The zero-order valence-electron chi connectivity index (χ0n) is 16.4. The predicted octanol–water partition coefficient (Wildman–Crippen LogP) is 4.91. The van der Waals surface area contributed by atoms with Gasteiger partial charge < -0.3 is 19.0 Å². The van der Waals surface area contributed by atoms with Gasteiger partial charge in [-0.2, -0.15) is 0 Å². The van der Waals surface area contributed by atoms with Crippen LogP contribution in [0.1, 0.15) is 54.4 Å². The maximum absolute atomic E-state index is 12.7. The van der Waals surface area contributed by atoms with E-state index in [1.54, 1.807) is 7.11 Å². The number of methoxy groups -OCH3 is 1. The highest BCUT2D eigenvalue weighted by atomic mass is 16.5. The number of ether oxygens (including phenoxy) is 1. The molecule has 0 bridgehead atoms. The van der Waals surface area contributed by atoms with Crippen molar-refractivity contribution < 1.29 is 13.9 Å². The number of fused-ring (bicyclic) bond motifs is 1. The molecule has 1 amide bonds. The summed E-state index contributed by atoms with van der Waals surface area (Å²) in [6, 6.07) is 11.7. The number of carbonyl (C=O) groups is 1. The minimum atomic E-state index is -0.0518. The summed E-state index contributed by atoms with van der Waals surface area (Å²) in [5.41, 5.74) is 3.43. The molecule has 0 atom stereocenters. The Labute approximate surface area is 160 Å². The summed E-state index contributed by atoms with van der Waals surface area (Å²) in [5.74, 6) is 1.61. The van der Waals surface area contributed by atoms with Gasteiger partial charge in [-0.05, 0) is 31.0 Å². The summed E-state index contributed by atoms with van der Waals surface area (Å²) >= 11 is 0. The molecule has 2 aromatic heterocycles. The van der Waals surface area contributed by atoms with Gasteiger partial charge in [0.15, 0.2) is 5.58 Å². The second kappa shape index (κ2) is 8.80. The van der Waals surface area contributed by atoms with Gasteiger partial charge in [0, 0.05) is 25.2 Å². The Morgan fingerprint density at radius 1 is 1.15 bits per heavy atom. The van der Waals surface area contributed by atoms with E-state index in [9.17, 15) is 4.79 Å². The first-order chi connectivity index (χ1) is 13.1. The number of amides is 1. The third kappa shape index (κ3) is 4.54. The van der Waals surface area contributed by atoms with Crippen LogP contribution in [0.3, 0.4) is 0 Å². The zero-order chi connectivity index (χ0) is 19.2. The van der Waals surface area contributed by atoms with E-state index in [-0.39, 0.29) is 5.91 Å². The number of nitrogens with one attached hydrogen (secondary N) is 1. The third-order valence-corrected chi connectivity index (χ3v) is 4.76. The number of furan rings is 1. The van der Waals surface area contributed by atoms with Gasteiger partial charge in [0.1, 0.15) is 17.2 Å². The number of carbonyl (C=O) groups excluding carboxylic acids is 1. The average Bonchev–Trinajstić information content (AvgIpc) is 3.19. The van der Waals surface area contributed by atoms with E-state index in [0.717, 1.165) is 41.0 Å². The first-order valence-corrected chi connectivity index (χ1v) is 9.63. The fraction of sp³-hybridized carbons (Fsp3) is 0.409. The summed E-state index contributed by atoms with van der Waals surface area (Å²) in [6.45, 7) is 5.41. The first kappa shape index (κ1) is 19.1. The van der Waals surface area contributed by atoms with Gasteiger partial charge in [-0.1, -0.05) is 38.3 Å². The lowest BCUT2D eigenvalue weighted by Crippen LogP contribution is -2.27. The fourth-order valence-corrected chi connectivity index (χ4v) is 3.28. The van der Waals surface area contributed by atoms with Gasteiger partial charge in [-0.25, -0.2) is 0 Å². The second-order valence-corrected chi connectivity index (χ2v) is 6.89. The Hall–Kier alpha value is -2.69. The van der Waals surface area contributed by atoms with Gasteiger partial charge in [0.05, 0.1) is 12.6 Å². The van der Waals surface area contributed by atoms with E-state index < -0.39 is 0 Å². The van der Waals surface area contributed by atoms with Crippen molar-refractivity contribution in [1.82, 2.24) is 9.88 Å². The van der Waals surface area contributed by atoms with Gasteiger partial charge in [0.2, 0.25) is 0 Å². The largest absolute Gasteiger partial charge is 0.497 e. The van der Waals surface area contributed by atoms with E-state index in [2.05, 4.69) is 12.2 Å². The summed E-state index contributed by atoms with van der Waals surface area (Å²) in [5, 5.41) is 3.05. The van der Waals surface area contributed by atoms with Crippen molar-refractivity contribution in [3.8, 4) is 5.75 Å². The van der Waals surface area contributed by atoms with Gasteiger partial charge in [-0.15, -0.1) is 0 Å². The molecule has 0 aliphatic carbocycles. The molecule has 1 aromatic carbocycles. The predicted molar refractivity (Wildman–Crippen MR) is 108 cm³/mol. The zero-order valence-corrected chi connectivity index (χ0v) is 16.4. The molecule has 3 aromatic rings. The Kier molecular flexibility index (Phi) is 6.22. The van der Waals surface area contributed by atoms with Crippen LogP contribution in [0.4, 0.5) is 0 Å². The van der Waals surface area contributed by atoms with Crippen molar-refractivity contribution in [2.24, 2.45) is 0 Å². The molecular formula is C22H28N2O3. The average molecular weight is 368 g/mol. The van der Waals surface area contributed by atoms with Crippen molar-refractivity contribution in [3.63, 3.8) is 0 Å². The Balaban J connectivity index is 1.80. The number of nitrogens with zero attached hydrogens (tertiary/aromatic N) is 1. The molecule has 1 N–H and O–H groups in total. The van der Waals surface area contributed by atoms with Crippen LogP contribution in [0.25, 0.3) is 11.1 Å². The van der Waals surface area contributed by atoms with Crippen LogP contribution in [0.2, 0.25) is 0 Å². The lowest BCUT2D eigenvalue weighted by Gasteiger charge is -2.11. The highest BCUT2D eigenvalue weighted by molar-refractivity contribution is 5.97. The highest BCUT2D eigenvalue weighted by Gasteiger charge is 2.18. The quantitative estimate of drug-likeness (QED) is 0.546. The maximum atomic E-state index is 12.7. The van der Waals surface area contributed by atoms with Crippen LogP contribution in [-0.4, -0.2) is 24.1 Å². The SMILES string of the molecule is CCCCCCNC(=O)c1cc2oc(C)cc2n1Cc1ccc(OC)cc1. The Bertz CT molecular complexity index is 890. The second-order valence-electron chi connectivity index (χ2n) is 6.89. The van der Waals surface area contributed by atoms with Crippen molar-refractivity contribution in [1.29, 1.82) is 0 Å². The van der Waals surface area contributed by atoms with Crippen LogP contribution in [0, 0.1) is 6.92 Å². The molecular weight excluding hydrogens is 340 g/mol. The summed E-state index contributed by atoms with van der Waals surface area (Å²) in [6.07, 6.45) is 4.55.